The number of piperidine rings is 1. The summed E-state index contributed by atoms with van der Waals surface area (Å²) in [5.74, 6) is 0.169. The van der Waals surface area contributed by atoms with Crippen molar-refractivity contribution in [1.29, 1.82) is 0 Å². The van der Waals surface area contributed by atoms with Crippen LogP contribution in [0.15, 0.2) is 0 Å². The molecule has 8 heteroatoms. The fourth-order valence-electron chi connectivity index (χ4n) is 4.38. The van der Waals surface area contributed by atoms with Crippen molar-refractivity contribution in [3.8, 4) is 0 Å². The molecule has 0 saturated carbocycles. The Morgan fingerprint density at radius 3 is 2.68 bits per heavy atom. The molecule has 0 radical (unpaired) electrons. The van der Waals surface area contributed by atoms with Gasteiger partial charge < -0.3 is 29.7 Å². The lowest BCUT2D eigenvalue weighted by Crippen LogP contribution is -2.59. The average Bonchev–Trinajstić information content (AvgIpc) is 2.70. The summed E-state index contributed by atoms with van der Waals surface area (Å²) in [6.07, 6.45) is 4.99. The number of urea groups is 1. The zero-order valence-corrected chi connectivity index (χ0v) is 17.0. The van der Waals surface area contributed by atoms with Crippen LogP contribution in [0.3, 0.4) is 0 Å². The normalized spacial score (nSPS) is 31.5. The molecule has 0 aromatic heterocycles. The van der Waals surface area contributed by atoms with Crippen LogP contribution in [0.2, 0.25) is 0 Å². The summed E-state index contributed by atoms with van der Waals surface area (Å²) in [6, 6.07) is -0.308. The van der Waals surface area contributed by atoms with Gasteiger partial charge in [-0.05, 0) is 38.5 Å². The number of likely N-dealkylation sites (tertiary alicyclic amines) is 1. The number of rotatable bonds is 4. The Morgan fingerprint density at radius 1 is 1.14 bits per heavy atom. The average molecular weight is 398 g/mol. The summed E-state index contributed by atoms with van der Waals surface area (Å²) in [5.41, 5.74) is 0. The van der Waals surface area contributed by atoms with Crippen molar-refractivity contribution in [2.45, 2.75) is 76.2 Å². The lowest BCUT2D eigenvalue weighted by Gasteiger charge is -2.44. The third kappa shape index (κ3) is 5.58. The molecule has 4 atom stereocenters. The first kappa shape index (κ1) is 21.3. The van der Waals surface area contributed by atoms with Gasteiger partial charge in [0, 0.05) is 19.6 Å². The van der Waals surface area contributed by atoms with Gasteiger partial charge in [0.1, 0.15) is 6.10 Å². The fourth-order valence-corrected chi connectivity index (χ4v) is 4.38. The molecule has 3 aliphatic rings. The predicted octanol–water partition coefficient (Wildman–Crippen LogP) is 1.12. The van der Waals surface area contributed by atoms with Crippen LogP contribution in [-0.4, -0.2) is 90.6 Å². The van der Waals surface area contributed by atoms with E-state index in [1.54, 1.807) is 4.90 Å². The summed E-state index contributed by atoms with van der Waals surface area (Å²) in [6.45, 7) is 5.06. The molecule has 3 amide bonds. The molecule has 0 unspecified atom stereocenters. The standard InChI is InChI=1S/C20H35N3O5/c1-2-8-21-20(26)23-12-15(24)13-27-14-18-17(23)7-6-16(28-18)11-19(25)22-9-4-3-5-10-22/h15-18,24H,2-14H2,1H3,(H,21,26)/t15-,16-,17+,18-/m0/s1. The highest BCUT2D eigenvalue weighted by molar-refractivity contribution is 5.77. The number of aliphatic hydroxyl groups excluding tert-OH is 1. The van der Waals surface area contributed by atoms with E-state index in [9.17, 15) is 14.7 Å². The number of nitrogens with zero attached hydrogens (tertiary/aromatic N) is 2. The van der Waals surface area contributed by atoms with Crippen molar-refractivity contribution in [1.82, 2.24) is 15.1 Å². The number of amides is 3. The highest BCUT2D eigenvalue weighted by atomic mass is 16.5. The number of carbonyl (C=O) groups excluding carboxylic acids is 2. The molecule has 3 aliphatic heterocycles. The summed E-state index contributed by atoms with van der Waals surface area (Å²) < 4.78 is 11.8. The molecule has 0 aliphatic carbocycles. The zero-order valence-electron chi connectivity index (χ0n) is 17.0. The van der Waals surface area contributed by atoms with Crippen LogP contribution in [-0.2, 0) is 14.3 Å². The quantitative estimate of drug-likeness (QED) is 0.742. The minimum absolute atomic E-state index is 0.135. The number of β-amino-alcohol motifs (C(OH)–C–C–N with tert-alkyl or cyclic N) is 1. The Morgan fingerprint density at radius 2 is 1.93 bits per heavy atom. The molecule has 3 fully saturated rings. The van der Waals surface area contributed by atoms with E-state index >= 15 is 0 Å². The van der Waals surface area contributed by atoms with E-state index in [-0.39, 0.29) is 43.3 Å². The second-order valence-corrected chi connectivity index (χ2v) is 8.16. The van der Waals surface area contributed by atoms with Gasteiger partial charge in [-0.1, -0.05) is 6.92 Å². The maximum absolute atomic E-state index is 12.6. The van der Waals surface area contributed by atoms with Crippen molar-refractivity contribution >= 4 is 11.9 Å². The van der Waals surface area contributed by atoms with E-state index in [4.69, 9.17) is 9.47 Å². The van der Waals surface area contributed by atoms with Crippen LogP contribution < -0.4 is 5.32 Å². The van der Waals surface area contributed by atoms with Crippen molar-refractivity contribution in [3.05, 3.63) is 0 Å². The Balaban J connectivity index is 1.60. The summed E-state index contributed by atoms with van der Waals surface area (Å²) in [4.78, 5) is 28.9. The Kier molecular flexibility index (Phi) is 7.93. The predicted molar refractivity (Wildman–Crippen MR) is 104 cm³/mol. The van der Waals surface area contributed by atoms with Crippen LogP contribution >= 0.6 is 0 Å². The molecule has 3 saturated heterocycles. The molecular formula is C20H35N3O5. The number of hydrogen-bond acceptors (Lipinski definition) is 5. The molecule has 3 rings (SSSR count). The van der Waals surface area contributed by atoms with Crippen LogP contribution in [0.4, 0.5) is 4.79 Å². The largest absolute Gasteiger partial charge is 0.389 e. The van der Waals surface area contributed by atoms with Gasteiger partial charge in [0.05, 0.1) is 44.4 Å². The van der Waals surface area contributed by atoms with E-state index in [0.29, 0.717) is 19.6 Å². The number of nitrogens with one attached hydrogen (secondary N) is 1. The van der Waals surface area contributed by atoms with Crippen molar-refractivity contribution < 1.29 is 24.2 Å². The first-order valence-corrected chi connectivity index (χ1v) is 10.8. The molecule has 0 aromatic rings. The summed E-state index contributed by atoms with van der Waals surface area (Å²) in [7, 11) is 0. The topological polar surface area (TPSA) is 91.3 Å². The van der Waals surface area contributed by atoms with E-state index in [0.717, 1.165) is 45.2 Å². The molecule has 28 heavy (non-hydrogen) atoms. The molecular weight excluding hydrogens is 362 g/mol. The minimum Gasteiger partial charge on any atom is -0.389 e. The lowest BCUT2D eigenvalue weighted by molar-refractivity contribution is -0.155. The first-order chi connectivity index (χ1) is 13.6. The molecule has 0 bridgehead atoms. The molecule has 2 N–H and O–H groups in total. The van der Waals surface area contributed by atoms with Crippen molar-refractivity contribution in [3.63, 3.8) is 0 Å². The Bertz CT molecular complexity index is 526. The van der Waals surface area contributed by atoms with Gasteiger partial charge in [-0.15, -0.1) is 0 Å². The maximum atomic E-state index is 12.6. The van der Waals surface area contributed by atoms with Gasteiger partial charge in [0.25, 0.3) is 0 Å². The fraction of sp³-hybridized carbons (Fsp3) is 0.900. The zero-order chi connectivity index (χ0) is 19.9. The molecule has 8 nitrogen and oxygen atoms in total. The second kappa shape index (κ2) is 10.4. The summed E-state index contributed by atoms with van der Waals surface area (Å²) >= 11 is 0. The lowest BCUT2D eigenvalue weighted by atomic mass is 9.94. The van der Waals surface area contributed by atoms with E-state index in [2.05, 4.69) is 5.32 Å². The van der Waals surface area contributed by atoms with Crippen molar-refractivity contribution in [2.75, 3.05) is 39.4 Å². The Labute approximate surface area is 167 Å². The number of ether oxygens (including phenoxy) is 2. The van der Waals surface area contributed by atoms with Gasteiger partial charge in [-0.25, -0.2) is 4.79 Å². The SMILES string of the molecule is CCCNC(=O)N1C[C@H](O)COC[C@@H]2O[C@H](CC(=O)N3CCCCC3)CC[C@H]21. The second-order valence-electron chi connectivity index (χ2n) is 8.16. The molecule has 160 valence electrons. The monoisotopic (exact) mass is 397 g/mol. The van der Waals surface area contributed by atoms with Gasteiger partial charge >= 0.3 is 6.03 Å². The van der Waals surface area contributed by atoms with Crippen LogP contribution in [0.5, 0.6) is 0 Å². The van der Waals surface area contributed by atoms with Crippen LogP contribution in [0.1, 0.15) is 51.9 Å². The molecule has 3 heterocycles. The summed E-state index contributed by atoms with van der Waals surface area (Å²) in [5, 5.41) is 13.0. The third-order valence-electron chi connectivity index (χ3n) is 5.88. The van der Waals surface area contributed by atoms with Crippen molar-refractivity contribution in [2.24, 2.45) is 0 Å². The van der Waals surface area contributed by atoms with Gasteiger partial charge in [0.15, 0.2) is 0 Å². The number of aliphatic hydroxyl groups is 1. The number of fused-ring (bicyclic) bond motifs is 1. The Hall–Kier alpha value is -1.38. The third-order valence-corrected chi connectivity index (χ3v) is 5.88. The molecule has 0 spiro atoms. The highest BCUT2D eigenvalue weighted by Gasteiger charge is 2.40. The van der Waals surface area contributed by atoms with E-state index in [1.165, 1.54) is 6.42 Å². The van der Waals surface area contributed by atoms with Crippen LogP contribution in [0, 0.1) is 0 Å². The number of carbonyl (C=O) groups is 2. The number of hydrogen-bond donors (Lipinski definition) is 2. The van der Waals surface area contributed by atoms with Gasteiger partial charge in [-0.3, -0.25) is 4.79 Å². The van der Waals surface area contributed by atoms with E-state index in [1.807, 2.05) is 11.8 Å². The van der Waals surface area contributed by atoms with Crippen LogP contribution in [0.25, 0.3) is 0 Å². The highest BCUT2D eigenvalue weighted by Crippen LogP contribution is 2.28. The smallest absolute Gasteiger partial charge is 0.317 e. The maximum Gasteiger partial charge on any atom is 0.317 e. The van der Waals surface area contributed by atoms with Gasteiger partial charge in [0.2, 0.25) is 5.91 Å². The minimum atomic E-state index is -0.702. The van der Waals surface area contributed by atoms with Gasteiger partial charge in [-0.2, -0.15) is 0 Å². The van der Waals surface area contributed by atoms with E-state index < -0.39 is 6.10 Å². The first-order valence-electron chi connectivity index (χ1n) is 10.8. The molecule has 0 aromatic carbocycles.